The number of sulfonamides is 1. The van der Waals surface area contributed by atoms with E-state index in [1.165, 1.54) is 27.9 Å². The predicted molar refractivity (Wildman–Crippen MR) is 132 cm³/mol. The van der Waals surface area contributed by atoms with Crippen LogP contribution in [0.5, 0.6) is 0 Å². The molecule has 0 amide bonds. The largest absolute Gasteiger partial charge is 0.401 e. The van der Waals surface area contributed by atoms with Gasteiger partial charge in [-0.3, -0.25) is 5.01 Å². The minimum atomic E-state index is -3.25. The SMILES string of the molecule is CC.CCC(CC)C1=CC(C)=NN(C(/C(=C/NC)SCN(C)S(C)(=O)=O)=C(/C)N)C1. The fourth-order valence-electron chi connectivity index (χ4n) is 3.02. The van der Waals surface area contributed by atoms with Gasteiger partial charge in [0, 0.05) is 26.0 Å². The lowest BCUT2D eigenvalue weighted by Crippen LogP contribution is -2.30. The molecule has 30 heavy (non-hydrogen) atoms. The predicted octanol–water partition coefficient (Wildman–Crippen LogP) is 3.90. The monoisotopic (exact) mass is 459 g/mol. The maximum absolute atomic E-state index is 11.7. The zero-order valence-electron chi connectivity index (χ0n) is 20.1. The van der Waals surface area contributed by atoms with Crippen LogP contribution in [0, 0.1) is 5.92 Å². The number of nitrogens with zero attached hydrogens (tertiary/aromatic N) is 3. The van der Waals surface area contributed by atoms with E-state index in [2.05, 4.69) is 25.2 Å². The van der Waals surface area contributed by atoms with Crippen molar-refractivity contribution in [1.29, 1.82) is 0 Å². The lowest BCUT2D eigenvalue weighted by atomic mass is 9.91. The van der Waals surface area contributed by atoms with Crippen molar-refractivity contribution < 1.29 is 8.42 Å². The molecule has 3 N–H and O–H groups in total. The van der Waals surface area contributed by atoms with E-state index in [1.807, 2.05) is 46.0 Å². The van der Waals surface area contributed by atoms with E-state index >= 15 is 0 Å². The van der Waals surface area contributed by atoms with Crippen LogP contribution in [0.2, 0.25) is 0 Å². The smallest absolute Gasteiger partial charge is 0.211 e. The first-order chi connectivity index (χ1) is 14.0. The Hall–Kier alpha value is -1.45. The highest BCUT2D eigenvalue weighted by Gasteiger charge is 2.24. The third-order valence-corrected chi connectivity index (χ3v) is 7.19. The fourth-order valence-corrected chi connectivity index (χ4v) is 4.87. The second-order valence-electron chi connectivity index (χ2n) is 6.99. The molecule has 0 aromatic heterocycles. The third kappa shape index (κ3) is 8.73. The molecule has 7 nitrogen and oxygen atoms in total. The molecule has 0 saturated carbocycles. The van der Waals surface area contributed by atoms with Gasteiger partial charge in [-0.2, -0.15) is 9.41 Å². The first-order valence-corrected chi connectivity index (χ1v) is 13.3. The molecule has 174 valence electrons. The Bertz CT molecular complexity index is 762. The van der Waals surface area contributed by atoms with Gasteiger partial charge < -0.3 is 11.1 Å². The van der Waals surface area contributed by atoms with Crippen LogP contribution in [-0.4, -0.2) is 56.2 Å². The van der Waals surface area contributed by atoms with Gasteiger partial charge in [-0.1, -0.05) is 27.7 Å². The molecule has 0 aromatic rings. The summed E-state index contributed by atoms with van der Waals surface area (Å²) in [6, 6.07) is 0. The third-order valence-electron chi connectivity index (χ3n) is 4.62. The summed E-state index contributed by atoms with van der Waals surface area (Å²) in [7, 11) is 0.122. The van der Waals surface area contributed by atoms with Crippen LogP contribution in [0.15, 0.2) is 39.2 Å². The maximum Gasteiger partial charge on any atom is 0.211 e. The molecule has 0 atom stereocenters. The van der Waals surface area contributed by atoms with Crippen molar-refractivity contribution in [2.75, 3.05) is 32.8 Å². The van der Waals surface area contributed by atoms with Crippen molar-refractivity contribution in [2.45, 2.75) is 54.4 Å². The van der Waals surface area contributed by atoms with Crippen LogP contribution in [-0.2, 0) is 10.0 Å². The zero-order valence-corrected chi connectivity index (χ0v) is 21.7. The molecular formula is C21H41N5O2S2. The molecule has 0 aliphatic carbocycles. The number of rotatable bonds is 10. The summed E-state index contributed by atoms with van der Waals surface area (Å²) in [6.07, 6.45) is 7.37. The van der Waals surface area contributed by atoms with Gasteiger partial charge in [0.2, 0.25) is 10.0 Å². The zero-order chi connectivity index (χ0) is 23.5. The van der Waals surface area contributed by atoms with Crippen LogP contribution >= 0.6 is 11.8 Å². The molecule has 1 aliphatic rings. The second kappa shape index (κ2) is 13.8. The number of hydrogen-bond donors (Lipinski definition) is 2. The molecule has 0 bridgehead atoms. The van der Waals surface area contributed by atoms with E-state index < -0.39 is 10.0 Å². The molecule has 0 aromatic carbocycles. The van der Waals surface area contributed by atoms with Crippen molar-refractivity contribution in [3.63, 3.8) is 0 Å². The number of hydrogen-bond acceptors (Lipinski definition) is 7. The van der Waals surface area contributed by atoms with E-state index in [9.17, 15) is 8.42 Å². The van der Waals surface area contributed by atoms with Gasteiger partial charge >= 0.3 is 0 Å². The molecule has 0 unspecified atom stereocenters. The van der Waals surface area contributed by atoms with Gasteiger partial charge in [-0.25, -0.2) is 8.42 Å². The van der Waals surface area contributed by atoms with E-state index in [0.29, 0.717) is 18.2 Å². The number of thioether (sulfide) groups is 1. The van der Waals surface area contributed by atoms with Gasteiger partial charge in [-0.05, 0) is 44.3 Å². The standard InChI is InChI=1S/C19H35N5O2S2.C2H6/c1-8-16(9-2)17-10-14(3)22-24(12-17)19(15(4)20)18(11-21-5)27-13-23(6)28(7,25)26;1-2/h10-11,16,21H,8-9,12-13,20H2,1-7H3;1-2H3/b18-11-,19-15-;. The molecular weight excluding hydrogens is 418 g/mol. The summed E-state index contributed by atoms with van der Waals surface area (Å²) in [4.78, 5) is 0.848. The molecule has 0 fully saturated rings. The summed E-state index contributed by atoms with van der Waals surface area (Å²) >= 11 is 1.41. The first kappa shape index (κ1) is 28.5. The average Bonchev–Trinajstić information content (AvgIpc) is 2.67. The normalized spacial score (nSPS) is 16.0. The summed E-state index contributed by atoms with van der Waals surface area (Å²) in [6.45, 7) is 12.9. The Morgan fingerprint density at radius 2 is 1.97 bits per heavy atom. The maximum atomic E-state index is 11.7. The number of nitrogens with two attached hydrogens (primary N) is 1. The highest BCUT2D eigenvalue weighted by Crippen LogP contribution is 2.32. The van der Waals surface area contributed by atoms with E-state index in [1.54, 1.807) is 7.05 Å². The van der Waals surface area contributed by atoms with Crippen molar-refractivity contribution in [1.82, 2.24) is 14.6 Å². The Balaban J connectivity index is 0.00000407. The van der Waals surface area contributed by atoms with Crippen LogP contribution in [0.25, 0.3) is 0 Å². The van der Waals surface area contributed by atoms with Gasteiger partial charge in [0.25, 0.3) is 0 Å². The van der Waals surface area contributed by atoms with Crippen LogP contribution in [0.3, 0.4) is 0 Å². The van der Waals surface area contributed by atoms with Gasteiger partial charge in [0.05, 0.1) is 35.0 Å². The van der Waals surface area contributed by atoms with Crippen molar-refractivity contribution in [2.24, 2.45) is 16.8 Å². The minimum absolute atomic E-state index is 0.287. The Morgan fingerprint density at radius 3 is 2.40 bits per heavy atom. The first-order valence-electron chi connectivity index (χ1n) is 10.5. The topological polar surface area (TPSA) is 91.0 Å². The van der Waals surface area contributed by atoms with Crippen molar-refractivity contribution in [3.05, 3.63) is 34.1 Å². The van der Waals surface area contributed by atoms with Crippen molar-refractivity contribution >= 4 is 27.5 Å². The lowest BCUT2D eigenvalue weighted by Gasteiger charge is -2.32. The Labute approximate surface area is 188 Å². The summed E-state index contributed by atoms with van der Waals surface area (Å²) in [5, 5.41) is 9.69. The summed E-state index contributed by atoms with van der Waals surface area (Å²) < 4.78 is 24.8. The quantitative estimate of drug-likeness (QED) is 0.380. The summed E-state index contributed by atoms with van der Waals surface area (Å²) in [5.41, 5.74) is 9.98. The molecule has 0 saturated heterocycles. The molecule has 1 aliphatic heterocycles. The van der Waals surface area contributed by atoms with Crippen LogP contribution in [0.1, 0.15) is 54.4 Å². The van der Waals surface area contributed by atoms with Crippen LogP contribution < -0.4 is 11.1 Å². The molecule has 0 spiro atoms. The van der Waals surface area contributed by atoms with Crippen LogP contribution in [0.4, 0.5) is 0 Å². The minimum Gasteiger partial charge on any atom is -0.401 e. The average molecular weight is 460 g/mol. The molecule has 0 radical (unpaired) electrons. The molecule has 1 heterocycles. The Kier molecular flexibility index (Phi) is 13.1. The lowest BCUT2D eigenvalue weighted by molar-refractivity contribution is 0.370. The highest BCUT2D eigenvalue weighted by molar-refractivity contribution is 8.03. The Morgan fingerprint density at radius 1 is 1.40 bits per heavy atom. The van der Waals surface area contributed by atoms with E-state index in [0.717, 1.165) is 29.2 Å². The van der Waals surface area contributed by atoms with E-state index in [4.69, 9.17) is 10.8 Å². The molecule has 9 heteroatoms. The number of hydrazone groups is 1. The summed E-state index contributed by atoms with van der Waals surface area (Å²) in [5.74, 6) is 0.794. The number of allylic oxidation sites excluding steroid dienone is 2. The second-order valence-corrected chi connectivity index (χ2v) is 10.1. The number of nitrogens with one attached hydrogen (secondary N) is 1. The van der Waals surface area contributed by atoms with Crippen molar-refractivity contribution in [3.8, 4) is 0 Å². The van der Waals surface area contributed by atoms with Gasteiger partial charge in [0.1, 0.15) is 0 Å². The van der Waals surface area contributed by atoms with Gasteiger partial charge in [-0.15, -0.1) is 11.8 Å². The van der Waals surface area contributed by atoms with E-state index in [-0.39, 0.29) is 5.88 Å². The molecule has 1 rings (SSSR count). The fraction of sp³-hybridized carbons (Fsp3) is 0.667. The van der Waals surface area contributed by atoms with Gasteiger partial charge in [0.15, 0.2) is 0 Å². The highest BCUT2D eigenvalue weighted by atomic mass is 32.2.